The Hall–Kier alpha value is -3.86. The van der Waals surface area contributed by atoms with Crippen molar-refractivity contribution >= 4 is 29.3 Å². The van der Waals surface area contributed by atoms with Crippen LogP contribution in [0.2, 0.25) is 0 Å². The molecule has 0 radical (unpaired) electrons. The van der Waals surface area contributed by atoms with Gasteiger partial charge in [0.1, 0.15) is 12.4 Å². The van der Waals surface area contributed by atoms with Crippen molar-refractivity contribution in [2.24, 2.45) is 7.05 Å². The van der Waals surface area contributed by atoms with Gasteiger partial charge in [-0.25, -0.2) is 0 Å². The van der Waals surface area contributed by atoms with E-state index in [0.29, 0.717) is 40.9 Å². The van der Waals surface area contributed by atoms with Crippen molar-refractivity contribution in [1.29, 1.82) is 0 Å². The van der Waals surface area contributed by atoms with Gasteiger partial charge in [-0.3, -0.25) is 0 Å². The molecule has 0 saturated carbocycles. The van der Waals surface area contributed by atoms with Gasteiger partial charge in [-0.15, -0.1) is 10.2 Å². The second-order valence-electron chi connectivity index (χ2n) is 7.62. The van der Waals surface area contributed by atoms with Crippen molar-refractivity contribution in [3.63, 3.8) is 0 Å². The molecule has 1 aliphatic heterocycles. The molecule has 5 rings (SSSR count). The van der Waals surface area contributed by atoms with Gasteiger partial charge in [0.2, 0.25) is 11.9 Å². The lowest BCUT2D eigenvalue weighted by molar-refractivity contribution is 0.0825. The van der Waals surface area contributed by atoms with Crippen molar-refractivity contribution in [1.82, 2.24) is 29.7 Å². The number of nitrogens with two attached hydrogens (primary N) is 1. The summed E-state index contributed by atoms with van der Waals surface area (Å²) in [6.07, 6.45) is 0.548. The molecule has 0 amide bonds. The fourth-order valence-corrected chi connectivity index (χ4v) is 4.41. The minimum absolute atomic E-state index is 0.159. The van der Waals surface area contributed by atoms with Gasteiger partial charge in [-0.05, 0) is 30.2 Å². The number of ether oxygens (including phenoxy) is 2. The zero-order valence-electron chi connectivity index (χ0n) is 18.8. The number of rotatable bonds is 7. The third-order valence-electron chi connectivity index (χ3n) is 5.34. The number of thioether (sulfide) groups is 1. The largest absolute Gasteiger partial charge is 0.485 e. The number of nitrogens with one attached hydrogen (secondary N) is 1. The first kappa shape index (κ1) is 22.0. The molecule has 0 spiro atoms. The highest BCUT2D eigenvalue weighted by Crippen LogP contribution is 2.36. The average molecular weight is 477 g/mol. The van der Waals surface area contributed by atoms with Gasteiger partial charge in [-0.2, -0.15) is 15.0 Å². The Labute approximate surface area is 201 Å². The maximum absolute atomic E-state index is 6.07. The Balaban J connectivity index is 1.28. The predicted octanol–water partition coefficient (Wildman–Crippen LogP) is 3.69. The Bertz CT molecular complexity index is 1310. The van der Waals surface area contributed by atoms with Gasteiger partial charge in [0.25, 0.3) is 0 Å². The first-order chi connectivity index (χ1) is 16.6. The van der Waals surface area contributed by atoms with E-state index < -0.39 is 0 Å². The molecule has 3 N–H and O–H groups in total. The standard InChI is InChI=1S/C23H24N8O2S/c1-3-14-8-4-5-9-15(14)25-22-27-19(26-21(24)28-22)13-34-23-30-29-20(31(23)2)18-12-32-16-10-6-7-11-17(16)33-18/h4-11,18H,3,12-13H2,1-2H3,(H3,24,25,26,27,28). The number of hydrogen-bond acceptors (Lipinski definition) is 10. The van der Waals surface area contributed by atoms with Crippen LogP contribution in [-0.2, 0) is 19.2 Å². The van der Waals surface area contributed by atoms with Crippen LogP contribution in [0.4, 0.5) is 17.6 Å². The number of para-hydroxylation sites is 3. The molecule has 1 unspecified atom stereocenters. The topological polar surface area (TPSA) is 126 Å². The van der Waals surface area contributed by atoms with Crippen LogP contribution in [0, 0.1) is 0 Å². The van der Waals surface area contributed by atoms with Crippen LogP contribution < -0.4 is 20.5 Å². The van der Waals surface area contributed by atoms with Crippen LogP contribution in [0.5, 0.6) is 11.5 Å². The summed E-state index contributed by atoms with van der Waals surface area (Å²) >= 11 is 1.46. The number of benzene rings is 2. The van der Waals surface area contributed by atoms with Crippen LogP contribution in [0.1, 0.15) is 30.2 Å². The highest BCUT2D eigenvalue weighted by molar-refractivity contribution is 7.98. The number of aryl methyl sites for hydroxylation is 1. The Morgan fingerprint density at radius 3 is 2.71 bits per heavy atom. The van der Waals surface area contributed by atoms with Gasteiger partial charge >= 0.3 is 0 Å². The molecular formula is C23H24N8O2S. The van der Waals surface area contributed by atoms with Crippen LogP contribution in [-0.4, -0.2) is 36.3 Å². The number of aromatic nitrogens is 6. The van der Waals surface area contributed by atoms with Gasteiger partial charge in [-0.1, -0.05) is 49.0 Å². The molecule has 11 heteroatoms. The molecule has 1 aliphatic rings. The number of nitrogens with zero attached hydrogens (tertiary/aromatic N) is 6. The molecule has 2 aromatic heterocycles. The highest BCUT2D eigenvalue weighted by Gasteiger charge is 2.27. The van der Waals surface area contributed by atoms with E-state index in [1.54, 1.807) is 0 Å². The molecule has 0 fully saturated rings. The van der Waals surface area contributed by atoms with Crippen LogP contribution in [0.15, 0.2) is 53.7 Å². The van der Waals surface area contributed by atoms with Crippen molar-refractivity contribution in [3.8, 4) is 11.5 Å². The fourth-order valence-electron chi connectivity index (χ4n) is 3.64. The lowest BCUT2D eigenvalue weighted by Gasteiger charge is -2.25. The van der Waals surface area contributed by atoms with E-state index in [9.17, 15) is 0 Å². The Kier molecular flexibility index (Phi) is 6.17. The highest BCUT2D eigenvalue weighted by atomic mass is 32.2. The molecule has 4 aromatic rings. The van der Waals surface area contributed by atoms with Crippen LogP contribution >= 0.6 is 11.8 Å². The molecule has 0 saturated heterocycles. The molecule has 1 atom stereocenters. The molecular weight excluding hydrogens is 452 g/mol. The van der Waals surface area contributed by atoms with E-state index in [0.717, 1.165) is 17.9 Å². The smallest absolute Gasteiger partial charge is 0.232 e. The number of nitrogen functional groups attached to an aromatic ring is 1. The lowest BCUT2D eigenvalue weighted by atomic mass is 10.1. The van der Waals surface area contributed by atoms with Gasteiger partial charge in [0.15, 0.2) is 28.6 Å². The van der Waals surface area contributed by atoms with E-state index in [4.69, 9.17) is 15.2 Å². The summed E-state index contributed by atoms with van der Waals surface area (Å²) in [4.78, 5) is 13.0. The number of anilines is 3. The van der Waals surface area contributed by atoms with Gasteiger partial charge < -0.3 is 25.1 Å². The minimum Gasteiger partial charge on any atom is -0.485 e. The molecule has 3 heterocycles. The predicted molar refractivity (Wildman–Crippen MR) is 129 cm³/mol. The quantitative estimate of drug-likeness (QED) is 0.381. The monoisotopic (exact) mass is 476 g/mol. The summed E-state index contributed by atoms with van der Waals surface area (Å²) in [6.45, 7) is 2.47. The summed E-state index contributed by atoms with van der Waals surface area (Å²) in [5.41, 5.74) is 8.06. The molecule has 174 valence electrons. The second-order valence-corrected chi connectivity index (χ2v) is 8.56. The summed E-state index contributed by atoms with van der Waals surface area (Å²) < 4.78 is 13.8. The van der Waals surface area contributed by atoms with E-state index in [-0.39, 0.29) is 12.1 Å². The molecule has 2 aromatic carbocycles. The van der Waals surface area contributed by atoms with Crippen molar-refractivity contribution < 1.29 is 9.47 Å². The van der Waals surface area contributed by atoms with Crippen LogP contribution in [0.3, 0.4) is 0 Å². The summed E-state index contributed by atoms with van der Waals surface area (Å²) in [7, 11) is 1.90. The summed E-state index contributed by atoms with van der Waals surface area (Å²) in [5.74, 6) is 3.68. The van der Waals surface area contributed by atoms with Crippen LogP contribution in [0.25, 0.3) is 0 Å². The SMILES string of the molecule is CCc1ccccc1Nc1nc(N)nc(CSc2nnc(C3COc4ccccc4O3)n2C)n1. The third kappa shape index (κ3) is 4.60. The maximum Gasteiger partial charge on any atom is 0.232 e. The van der Waals surface area contributed by atoms with E-state index in [1.807, 2.05) is 54.1 Å². The Morgan fingerprint density at radius 2 is 1.85 bits per heavy atom. The van der Waals surface area contributed by atoms with E-state index >= 15 is 0 Å². The normalized spacial score (nSPS) is 14.7. The lowest BCUT2D eigenvalue weighted by Crippen LogP contribution is -2.24. The first-order valence-corrected chi connectivity index (χ1v) is 11.8. The molecule has 0 bridgehead atoms. The number of fused-ring (bicyclic) bond motifs is 1. The molecule has 34 heavy (non-hydrogen) atoms. The summed E-state index contributed by atoms with van der Waals surface area (Å²) in [5, 5.41) is 12.6. The van der Waals surface area contributed by atoms with E-state index in [2.05, 4.69) is 43.5 Å². The zero-order valence-corrected chi connectivity index (χ0v) is 19.6. The average Bonchev–Trinajstić information content (AvgIpc) is 3.22. The van der Waals surface area contributed by atoms with Crippen molar-refractivity contribution in [2.75, 3.05) is 17.7 Å². The van der Waals surface area contributed by atoms with Gasteiger partial charge in [0, 0.05) is 12.7 Å². The molecule has 0 aliphatic carbocycles. The molecule has 10 nitrogen and oxygen atoms in total. The zero-order chi connectivity index (χ0) is 23.5. The third-order valence-corrected chi connectivity index (χ3v) is 6.36. The number of hydrogen-bond donors (Lipinski definition) is 2. The van der Waals surface area contributed by atoms with Crippen molar-refractivity contribution in [3.05, 3.63) is 65.7 Å². The first-order valence-electron chi connectivity index (χ1n) is 10.9. The minimum atomic E-state index is -0.344. The second kappa shape index (κ2) is 9.56. The fraction of sp³-hybridized carbons (Fsp3) is 0.261. The maximum atomic E-state index is 6.07. The Morgan fingerprint density at radius 1 is 1.06 bits per heavy atom. The van der Waals surface area contributed by atoms with Crippen molar-refractivity contribution in [2.45, 2.75) is 30.4 Å². The van der Waals surface area contributed by atoms with E-state index in [1.165, 1.54) is 17.3 Å². The summed E-state index contributed by atoms with van der Waals surface area (Å²) in [6, 6.07) is 15.6. The van der Waals surface area contributed by atoms with Gasteiger partial charge in [0.05, 0.1) is 5.75 Å².